The van der Waals surface area contributed by atoms with Crippen LogP contribution in [-0.2, 0) is 0 Å². The standard InChI is InChI=1S/C15H16BrN3S/c1-8-4-11(16)7-12(5-8)19-13-6-9(2)18-10(3)14(13)15(17)20/h4-7H,1-3H3,(H2,17,20)(H,18,19). The molecule has 0 bridgehead atoms. The molecule has 2 rings (SSSR count). The Balaban J connectivity index is 2.49. The van der Waals surface area contributed by atoms with Gasteiger partial charge in [0.1, 0.15) is 4.99 Å². The molecule has 1 heterocycles. The second kappa shape index (κ2) is 5.89. The first-order valence-corrected chi connectivity index (χ1v) is 7.39. The van der Waals surface area contributed by atoms with E-state index in [9.17, 15) is 0 Å². The third kappa shape index (κ3) is 3.35. The van der Waals surface area contributed by atoms with Crippen LogP contribution < -0.4 is 11.1 Å². The van der Waals surface area contributed by atoms with Gasteiger partial charge in [-0.05, 0) is 50.6 Å². The molecule has 0 aliphatic heterocycles. The fraction of sp³-hybridized carbons (Fsp3) is 0.200. The average molecular weight is 350 g/mol. The summed E-state index contributed by atoms with van der Waals surface area (Å²) in [5.74, 6) is 0. The number of aryl methyl sites for hydroxylation is 3. The molecule has 20 heavy (non-hydrogen) atoms. The van der Waals surface area contributed by atoms with E-state index >= 15 is 0 Å². The average Bonchev–Trinajstić information content (AvgIpc) is 2.25. The Kier molecular flexibility index (Phi) is 4.40. The van der Waals surface area contributed by atoms with Crippen molar-refractivity contribution in [2.45, 2.75) is 20.8 Å². The Morgan fingerprint density at radius 1 is 1.20 bits per heavy atom. The molecule has 0 unspecified atom stereocenters. The molecule has 0 aliphatic carbocycles. The Bertz CT molecular complexity index is 663. The van der Waals surface area contributed by atoms with Gasteiger partial charge in [-0.15, -0.1) is 0 Å². The number of rotatable bonds is 3. The molecule has 0 fully saturated rings. The van der Waals surface area contributed by atoms with E-state index in [0.29, 0.717) is 4.99 Å². The predicted octanol–water partition coefficient (Wildman–Crippen LogP) is 4.15. The van der Waals surface area contributed by atoms with E-state index in [2.05, 4.69) is 38.4 Å². The van der Waals surface area contributed by atoms with E-state index in [1.54, 1.807) is 0 Å². The summed E-state index contributed by atoms with van der Waals surface area (Å²) in [5, 5.41) is 3.38. The topological polar surface area (TPSA) is 50.9 Å². The van der Waals surface area contributed by atoms with Crippen molar-refractivity contribution in [1.82, 2.24) is 4.98 Å². The van der Waals surface area contributed by atoms with Gasteiger partial charge in [-0.25, -0.2) is 0 Å². The second-order valence-electron chi connectivity index (χ2n) is 4.78. The van der Waals surface area contributed by atoms with Crippen LogP contribution in [0.25, 0.3) is 0 Å². The number of pyridine rings is 1. The maximum Gasteiger partial charge on any atom is 0.107 e. The van der Waals surface area contributed by atoms with Crippen LogP contribution in [0.15, 0.2) is 28.7 Å². The Morgan fingerprint density at radius 2 is 1.90 bits per heavy atom. The molecule has 0 atom stereocenters. The van der Waals surface area contributed by atoms with Gasteiger partial charge in [0, 0.05) is 21.5 Å². The molecule has 104 valence electrons. The fourth-order valence-corrected chi connectivity index (χ4v) is 3.07. The van der Waals surface area contributed by atoms with Gasteiger partial charge in [0.05, 0.1) is 11.3 Å². The van der Waals surface area contributed by atoms with Gasteiger partial charge < -0.3 is 11.1 Å². The number of hydrogen-bond donors (Lipinski definition) is 2. The van der Waals surface area contributed by atoms with Gasteiger partial charge in [0.2, 0.25) is 0 Å². The molecular weight excluding hydrogens is 334 g/mol. The molecule has 2 aromatic rings. The molecule has 1 aromatic carbocycles. The Hall–Kier alpha value is -1.46. The summed E-state index contributed by atoms with van der Waals surface area (Å²) in [6, 6.07) is 8.10. The van der Waals surface area contributed by atoms with Crippen molar-refractivity contribution >= 4 is 44.5 Å². The first-order valence-electron chi connectivity index (χ1n) is 6.19. The first-order chi connectivity index (χ1) is 9.36. The first kappa shape index (κ1) is 14.9. The van der Waals surface area contributed by atoms with Crippen LogP contribution in [0.5, 0.6) is 0 Å². The molecule has 0 aliphatic rings. The van der Waals surface area contributed by atoms with Crippen LogP contribution in [0.4, 0.5) is 11.4 Å². The molecule has 3 N–H and O–H groups in total. The second-order valence-corrected chi connectivity index (χ2v) is 6.13. The monoisotopic (exact) mass is 349 g/mol. The quantitative estimate of drug-likeness (QED) is 0.817. The largest absolute Gasteiger partial charge is 0.389 e. The van der Waals surface area contributed by atoms with Gasteiger partial charge in [-0.3, -0.25) is 4.98 Å². The van der Waals surface area contributed by atoms with E-state index in [1.807, 2.05) is 32.9 Å². The zero-order valence-corrected chi connectivity index (χ0v) is 14.0. The molecular formula is C15H16BrN3S. The lowest BCUT2D eigenvalue weighted by Crippen LogP contribution is -2.15. The van der Waals surface area contributed by atoms with Gasteiger partial charge in [0.25, 0.3) is 0 Å². The summed E-state index contributed by atoms with van der Waals surface area (Å²) in [4.78, 5) is 4.77. The number of halogens is 1. The Morgan fingerprint density at radius 3 is 2.50 bits per heavy atom. The fourth-order valence-electron chi connectivity index (χ4n) is 2.20. The summed E-state index contributed by atoms with van der Waals surface area (Å²) in [6.07, 6.45) is 0. The highest BCUT2D eigenvalue weighted by molar-refractivity contribution is 9.10. The molecule has 1 aromatic heterocycles. The van der Waals surface area contributed by atoms with Crippen LogP contribution in [0.1, 0.15) is 22.5 Å². The van der Waals surface area contributed by atoms with Gasteiger partial charge >= 0.3 is 0 Å². The third-order valence-corrected chi connectivity index (χ3v) is 3.56. The number of aromatic nitrogens is 1. The summed E-state index contributed by atoms with van der Waals surface area (Å²) < 4.78 is 1.03. The van der Waals surface area contributed by atoms with Crippen molar-refractivity contribution in [3.8, 4) is 0 Å². The van der Waals surface area contributed by atoms with E-state index in [4.69, 9.17) is 18.0 Å². The molecule has 3 nitrogen and oxygen atoms in total. The SMILES string of the molecule is Cc1cc(Br)cc(Nc2cc(C)nc(C)c2C(N)=S)c1. The number of nitrogens with two attached hydrogens (primary N) is 1. The highest BCUT2D eigenvalue weighted by Crippen LogP contribution is 2.26. The number of hydrogen-bond acceptors (Lipinski definition) is 3. The number of anilines is 2. The van der Waals surface area contributed by atoms with E-state index in [-0.39, 0.29) is 0 Å². The number of thiocarbonyl (C=S) groups is 1. The summed E-state index contributed by atoms with van der Waals surface area (Å²) >= 11 is 8.64. The highest BCUT2D eigenvalue weighted by atomic mass is 79.9. The third-order valence-electron chi connectivity index (χ3n) is 2.90. The molecule has 0 spiro atoms. The van der Waals surface area contributed by atoms with Crippen molar-refractivity contribution in [1.29, 1.82) is 0 Å². The van der Waals surface area contributed by atoms with E-state index in [0.717, 1.165) is 32.8 Å². The van der Waals surface area contributed by atoms with Crippen molar-refractivity contribution < 1.29 is 0 Å². The lowest BCUT2D eigenvalue weighted by Gasteiger charge is -2.15. The maximum atomic E-state index is 5.82. The number of benzene rings is 1. The summed E-state index contributed by atoms with van der Waals surface area (Å²) in [5.41, 5.74) is 11.4. The van der Waals surface area contributed by atoms with Crippen LogP contribution in [0.2, 0.25) is 0 Å². The zero-order valence-electron chi connectivity index (χ0n) is 11.6. The molecule has 5 heteroatoms. The zero-order chi connectivity index (χ0) is 14.9. The van der Waals surface area contributed by atoms with Crippen LogP contribution in [0.3, 0.4) is 0 Å². The lowest BCUT2D eigenvalue weighted by atomic mass is 10.1. The minimum absolute atomic E-state index is 0.351. The molecule has 0 radical (unpaired) electrons. The molecule has 0 saturated heterocycles. The number of nitrogens with zero attached hydrogens (tertiary/aromatic N) is 1. The number of nitrogens with one attached hydrogen (secondary N) is 1. The van der Waals surface area contributed by atoms with Crippen LogP contribution in [0, 0.1) is 20.8 Å². The summed E-state index contributed by atoms with van der Waals surface area (Å²) in [6.45, 7) is 5.92. The predicted molar refractivity (Wildman–Crippen MR) is 91.8 cm³/mol. The van der Waals surface area contributed by atoms with Gasteiger partial charge in [0.15, 0.2) is 0 Å². The van der Waals surface area contributed by atoms with Crippen LogP contribution in [-0.4, -0.2) is 9.97 Å². The normalized spacial score (nSPS) is 10.4. The van der Waals surface area contributed by atoms with Crippen molar-refractivity contribution in [2.24, 2.45) is 5.73 Å². The Labute approximate surface area is 132 Å². The summed E-state index contributed by atoms with van der Waals surface area (Å²) in [7, 11) is 0. The van der Waals surface area contributed by atoms with E-state index < -0.39 is 0 Å². The van der Waals surface area contributed by atoms with Gasteiger partial charge in [-0.2, -0.15) is 0 Å². The van der Waals surface area contributed by atoms with Crippen molar-refractivity contribution in [3.05, 3.63) is 51.3 Å². The van der Waals surface area contributed by atoms with Crippen molar-refractivity contribution in [3.63, 3.8) is 0 Å². The minimum atomic E-state index is 0.351. The van der Waals surface area contributed by atoms with Crippen LogP contribution >= 0.6 is 28.1 Å². The van der Waals surface area contributed by atoms with E-state index in [1.165, 1.54) is 5.56 Å². The lowest BCUT2D eigenvalue weighted by molar-refractivity contribution is 1.12. The van der Waals surface area contributed by atoms with Crippen molar-refractivity contribution in [2.75, 3.05) is 5.32 Å². The maximum absolute atomic E-state index is 5.82. The molecule has 0 amide bonds. The van der Waals surface area contributed by atoms with Gasteiger partial charge in [-0.1, -0.05) is 28.1 Å². The highest BCUT2D eigenvalue weighted by Gasteiger charge is 2.11. The molecule has 0 saturated carbocycles. The minimum Gasteiger partial charge on any atom is -0.389 e. The smallest absolute Gasteiger partial charge is 0.107 e.